The van der Waals surface area contributed by atoms with Crippen molar-refractivity contribution in [3.63, 3.8) is 0 Å². The third-order valence-electron chi connectivity index (χ3n) is 2.52. The molecule has 0 aliphatic heterocycles. The summed E-state index contributed by atoms with van der Waals surface area (Å²) < 4.78 is 5.74. The summed E-state index contributed by atoms with van der Waals surface area (Å²) in [5.41, 5.74) is 1.95. The fourth-order valence-electron chi connectivity index (χ4n) is 1.45. The van der Waals surface area contributed by atoms with E-state index in [-0.39, 0.29) is 6.10 Å². The standard InChI is InChI=1S/C11H15N3O/c1-4-8(3)15-11-9-7(2)5-12-10(9)13-6-14-11/h5-6,8H,4H2,1-3H3,(H,12,13,14). The van der Waals surface area contributed by atoms with Gasteiger partial charge in [-0.15, -0.1) is 0 Å². The highest BCUT2D eigenvalue weighted by atomic mass is 16.5. The molecule has 2 aromatic rings. The van der Waals surface area contributed by atoms with Crippen molar-refractivity contribution in [3.05, 3.63) is 18.1 Å². The van der Waals surface area contributed by atoms with Crippen LogP contribution in [0.1, 0.15) is 25.8 Å². The van der Waals surface area contributed by atoms with Gasteiger partial charge in [-0.05, 0) is 25.8 Å². The lowest BCUT2D eigenvalue weighted by Crippen LogP contribution is -2.11. The van der Waals surface area contributed by atoms with Crippen LogP contribution in [0.3, 0.4) is 0 Å². The smallest absolute Gasteiger partial charge is 0.226 e. The molecule has 2 rings (SSSR count). The molecule has 0 fully saturated rings. The van der Waals surface area contributed by atoms with Gasteiger partial charge in [0.15, 0.2) is 0 Å². The summed E-state index contributed by atoms with van der Waals surface area (Å²) in [6.07, 6.45) is 4.59. The second-order valence-electron chi connectivity index (χ2n) is 3.71. The molecule has 4 nitrogen and oxygen atoms in total. The number of nitrogens with zero attached hydrogens (tertiary/aromatic N) is 2. The zero-order chi connectivity index (χ0) is 10.8. The predicted molar refractivity (Wildman–Crippen MR) is 59.0 cm³/mol. The second kappa shape index (κ2) is 3.88. The van der Waals surface area contributed by atoms with E-state index in [1.54, 1.807) is 0 Å². The summed E-state index contributed by atoms with van der Waals surface area (Å²) in [7, 11) is 0. The zero-order valence-corrected chi connectivity index (χ0v) is 9.24. The number of aromatic nitrogens is 3. The first-order valence-electron chi connectivity index (χ1n) is 5.17. The van der Waals surface area contributed by atoms with Gasteiger partial charge in [-0.3, -0.25) is 0 Å². The van der Waals surface area contributed by atoms with Crippen LogP contribution < -0.4 is 4.74 Å². The van der Waals surface area contributed by atoms with Gasteiger partial charge in [0.2, 0.25) is 5.88 Å². The minimum absolute atomic E-state index is 0.178. The first-order valence-corrected chi connectivity index (χ1v) is 5.17. The highest BCUT2D eigenvalue weighted by Gasteiger charge is 2.11. The average Bonchev–Trinajstić information content (AvgIpc) is 2.61. The van der Waals surface area contributed by atoms with Gasteiger partial charge >= 0.3 is 0 Å². The van der Waals surface area contributed by atoms with E-state index in [4.69, 9.17) is 4.74 Å². The molecule has 0 aliphatic carbocycles. The normalized spacial score (nSPS) is 13.0. The van der Waals surface area contributed by atoms with Gasteiger partial charge in [0.1, 0.15) is 12.0 Å². The molecular weight excluding hydrogens is 190 g/mol. The molecule has 1 N–H and O–H groups in total. The van der Waals surface area contributed by atoms with Crippen LogP contribution in [0.4, 0.5) is 0 Å². The van der Waals surface area contributed by atoms with Crippen LogP contribution in [-0.4, -0.2) is 21.1 Å². The lowest BCUT2D eigenvalue weighted by Gasteiger charge is -2.11. The van der Waals surface area contributed by atoms with Gasteiger partial charge in [0.25, 0.3) is 0 Å². The van der Waals surface area contributed by atoms with Crippen molar-refractivity contribution in [2.24, 2.45) is 0 Å². The first-order chi connectivity index (χ1) is 7.22. The first kappa shape index (κ1) is 9.96. The third-order valence-corrected chi connectivity index (χ3v) is 2.52. The van der Waals surface area contributed by atoms with E-state index in [0.717, 1.165) is 23.0 Å². The summed E-state index contributed by atoms with van der Waals surface area (Å²) in [6.45, 7) is 6.15. The molecule has 2 aromatic heterocycles. The van der Waals surface area contributed by atoms with E-state index in [1.807, 2.05) is 20.0 Å². The van der Waals surface area contributed by atoms with Gasteiger partial charge in [0.05, 0.1) is 11.5 Å². The third kappa shape index (κ3) is 1.79. The highest BCUT2D eigenvalue weighted by molar-refractivity contribution is 5.84. The lowest BCUT2D eigenvalue weighted by atomic mass is 10.2. The number of aryl methyl sites for hydroxylation is 1. The summed E-state index contributed by atoms with van der Waals surface area (Å²) in [5, 5.41) is 0.984. The van der Waals surface area contributed by atoms with Gasteiger partial charge in [-0.1, -0.05) is 6.92 Å². The Balaban J connectivity index is 2.45. The molecule has 1 unspecified atom stereocenters. The van der Waals surface area contributed by atoms with Crippen molar-refractivity contribution >= 4 is 11.0 Å². The van der Waals surface area contributed by atoms with Gasteiger partial charge in [-0.2, -0.15) is 0 Å². The number of aromatic amines is 1. The number of hydrogen-bond donors (Lipinski definition) is 1. The van der Waals surface area contributed by atoms with E-state index in [9.17, 15) is 0 Å². The molecular formula is C11H15N3O. The van der Waals surface area contributed by atoms with Crippen LogP contribution in [0.5, 0.6) is 5.88 Å². The molecule has 80 valence electrons. The fourth-order valence-corrected chi connectivity index (χ4v) is 1.45. The van der Waals surface area contributed by atoms with Crippen molar-refractivity contribution in [1.29, 1.82) is 0 Å². The van der Waals surface area contributed by atoms with Gasteiger partial charge in [0, 0.05) is 6.20 Å². The molecule has 0 saturated heterocycles. The molecule has 0 aliphatic rings. The summed E-state index contributed by atoms with van der Waals surface area (Å²) >= 11 is 0. The van der Waals surface area contributed by atoms with Crippen LogP contribution in [0.15, 0.2) is 12.5 Å². The SMILES string of the molecule is CCC(C)Oc1ncnc2[nH]cc(C)c12. The van der Waals surface area contributed by atoms with Gasteiger partial charge in [-0.25, -0.2) is 9.97 Å². The average molecular weight is 205 g/mol. The Labute approximate surface area is 88.7 Å². The van der Waals surface area contributed by atoms with Crippen molar-refractivity contribution in [3.8, 4) is 5.88 Å². The van der Waals surface area contributed by atoms with Crippen molar-refractivity contribution in [2.45, 2.75) is 33.3 Å². The van der Waals surface area contributed by atoms with E-state index in [2.05, 4.69) is 21.9 Å². The quantitative estimate of drug-likeness (QED) is 0.837. The molecule has 0 bridgehead atoms. The van der Waals surface area contributed by atoms with Gasteiger partial charge < -0.3 is 9.72 Å². The number of ether oxygens (including phenoxy) is 1. The second-order valence-corrected chi connectivity index (χ2v) is 3.71. The number of hydrogen-bond acceptors (Lipinski definition) is 3. The molecule has 2 heterocycles. The number of fused-ring (bicyclic) bond motifs is 1. The molecule has 0 spiro atoms. The van der Waals surface area contributed by atoms with Crippen LogP contribution in [-0.2, 0) is 0 Å². The van der Waals surface area contributed by atoms with E-state index >= 15 is 0 Å². The largest absolute Gasteiger partial charge is 0.474 e. The highest BCUT2D eigenvalue weighted by Crippen LogP contribution is 2.25. The molecule has 1 atom stereocenters. The molecule has 15 heavy (non-hydrogen) atoms. The maximum absolute atomic E-state index is 5.74. The predicted octanol–water partition coefficient (Wildman–Crippen LogP) is 2.44. The molecule has 0 amide bonds. The fraction of sp³-hybridized carbons (Fsp3) is 0.455. The Bertz CT molecular complexity index is 464. The molecule has 0 aromatic carbocycles. The maximum atomic E-state index is 5.74. The van der Waals surface area contributed by atoms with Crippen LogP contribution in [0, 0.1) is 6.92 Å². The molecule has 0 radical (unpaired) electrons. The summed E-state index contributed by atoms with van der Waals surface area (Å²) in [6, 6.07) is 0. The Morgan fingerprint density at radius 2 is 2.27 bits per heavy atom. The monoisotopic (exact) mass is 205 g/mol. The van der Waals surface area contributed by atoms with Crippen LogP contribution in [0.25, 0.3) is 11.0 Å². The topological polar surface area (TPSA) is 50.8 Å². The van der Waals surface area contributed by atoms with Crippen LogP contribution in [0.2, 0.25) is 0 Å². The Morgan fingerprint density at radius 1 is 1.47 bits per heavy atom. The van der Waals surface area contributed by atoms with E-state index in [1.165, 1.54) is 6.33 Å². The summed E-state index contributed by atoms with van der Waals surface area (Å²) in [4.78, 5) is 11.4. The van der Waals surface area contributed by atoms with E-state index in [0.29, 0.717) is 5.88 Å². The zero-order valence-electron chi connectivity index (χ0n) is 9.24. The number of rotatable bonds is 3. The molecule has 0 saturated carbocycles. The van der Waals surface area contributed by atoms with Crippen molar-refractivity contribution in [1.82, 2.24) is 15.0 Å². The number of nitrogens with one attached hydrogen (secondary N) is 1. The lowest BCUT2D eigenvalue weighted by molar-refractivity contribution is 0.211. The van der Waals surface area contributed by atoms with Crippen LogP contribution >= 0.6 is 0 Å². The Hall–Kier alpha value is -1.58. The van der Waals surface area contributed by atoms with Crippen molar-refractivity contribution < 1.29 is 4.74 Å². The Morgan fingerprint density at radius 3 is 3.00 bits per heavy atom. The molecule has 4 heteroatoms. The minimum Gasteiger partial charge on any atom is -0.474 e. The Kier molecular flexibility index (Phi) is 2.58. The maximum Gasteiger partial charge on any atom is 0.226 e. The minimum atomic E-state index is 0.178. The number of H-pyrrole nitrogens is 1. The summed E-state index contributed by atoms with van der Waals surface area (Å²) in [5.74, 6) is 0.674. The van der Waals surface area contributed by atoms with Crippen molar-refractivity contribution in [2.75, 3.05) is 0 Å². The van der Waals surface area contributed by atoms with E-state index < -0.39 is 0 Å².